The van der Waals surface area contributed by atoms with E-state index in [4.69, 9.17) is 9.47 Å². The van der Waals surface area contributed by atoms with Crippen molar-refractivity contribution >= 4 is 17.3 Å². The van der Waals surface area contributed by atoms with Crippen molar-refractivity contribution < 1.29 is 19.4 Å². The van der Waals surface area contributed by atoms with Crippen molar-refractivity contribution in [2.45, 2.75) is 25.0 Å². The largest absolute Gasteiger partial charge is 0.480 e. The molecule has 0 spiro atoms. The van der Waals surface area contributed by atoms with Crippen molar-refractivity contribution in [2.24, 2.45) is 0 Å². The number of aliphatic hydroxyl groups excluding tert-OH is 1. The first-order chi connectivity index (χ1) is 7.24. The van der Waals surface area contributed by atoms with Crippen LogP contribution in [0.2, 0.25) is 0 Å². The van der Waals surface area contributed by atoms with Crippen molar-refractivity contribution in [1.82, 2.24) is 0 Å². The number of carbonyl (C=O) groups is 1. The maximum Gasteiger partial charge on any atom is 0.308 e. The van der Waals surface area contributed by atoms with Crippen LogP contribution in [0.25, 0.3) is 0 Å². The molecule has 0 bridgehead atoms. The normalized spacial score (nSPS) is 26.1. The lowest BCUT2D eigenvalue weighted by molar-refractivity contribution is -0.161. The number of carbonyl (C=O) groups excluding carboxylic acids is 1. The molecular weight excluding hydrogens is 216 g/mol. The van der Waals surface area contributed by atoms with E-state index in [-0.39, 0.29) is 18.5 Å². The van der Waals surface area contributed by atoms with Crippen LogP contribution in [0.3, 0.4) is 0 Å². The van der Waals surface area contributed by atoms with Crippen LogP contribution in [0.5, 0.6) is 5.06 Å². The van der Waals surface area contributed by atoms with Crippen molar-refractivity contribution in [1.29, 1.82) is 0 Å². The van der Waals surface area contributed by atoms with Crippen LogP contribution in [0.1, 0.15) is 12.8 Å². The number of hydrogen-bond donors (Lipinski definition) is 1. The standard InChI is InChI=1S/C10H12O4S/c11-7-4-8(14-9(12)5-7)6-13-10-2-1-3-15-10/h1-3,7-8,11H,4-6H2. The summed E-state index contributed by atoms with van der Waals surface area (Å²) in [6.45, 7) is 0.309. The van der Waals surface area contributed by atoms with Gasteiger partial charge >= 0.3 is 5.97 Å². The monoisotopic (exact) mass is 228 g/mol. The molecule has 1 aliphatic rings. The van der Waals surface area contributed by atoms with Crippen LogP contribution in [0, 0.1) is 0 Å². The minimum absolute atomic E-state index is 0.0928. The predicted octanol–water partition coefficient (Wildman–Crippen LogP) is 1.19. The number of thiophene rings is 1. The quantitative estimate of drug-likeness (QED) is 0.790. The number of cyclic esters (lactones) is 1. The van der Waals surface area contributed by atoms with E-state index in [1.54, 1.807) is 0 Å². The van der Waals surface area contributed by atoms with E-state index in [1.807, 2.05) is 17.5 Å². The molecule has 0 saturated carbocycles. The SMILES string of the molecule is O=C1CC(O)CC(COc2cccs2)O1. The second kappa shape index (κ2) is 4.63. The van der Waals surface area contributed by atoms with Gasteiger partial charge in [-0.25, -0.2) is 0 Å². The highest BCUT2D eigenvalue weighted by Gasteiger charge is 2.27. The number of aliphatic hydroxyl groups is 1. The van der Waals surface area contributed by atoms with Crippen molar-refractivity contribution in [3.05, 3.63) is 17.5 Å². The van der Waals surface area contributed by atoms with Gasteiger partial charge in [0.1, 0.15) is 12.7 Å². The van der Waals surface area contributed by atoms with E-state index in [0.717, 1.165) is 5.06 Å². The lowest BCUT2D eigenvalue weighted by Gasteiger charge is -2.25. The molecule has 2 unspecified atom stereocenters. The smallest absolute Gasteiger partial charge is 0.308 e. The van der Waals surface area contributed by atoms with Gasteiger partial charge < -0.3 is 14.6 Å². The van der Waals surface area contributed by atoms with E-state index >= 15 is 0 Å². The first kappa shape index (κ1) is 10.4. The Morgan fingerprint density at radius 1 is 1.67 bits per heavy atom. The molecule has 15 heavy (non-hydrogen) atoms. The van der Waals surface area contributed by atoms with Crippen molar-refractivity contribution in [3.63, 3.8) is 0 Å². The van der Waals surface area contributed by atoms with Gasteiger partial charge in [-0.05, 0) is 17.5 Å². The number of esters is 1. The van der Waals surface area contributed by atoms with Gasteiger partial charge in [0.15, 0.2) is 5.06 Å². The third-order valence-electron chi connectivity index (χ3n) is 2.14. The molecule has 2 rings (SSSR count). The Morgan fingerprint density at radius 3 is 3.20 bits per heavy atom. The summed E-state index contributed by atoms with van der Waals surface area (Å²) < 4.78 is 10.4. The van der Waals surface area contributed by atoms with Gasteiger partial charge in [0, 0.05) is 6.42 Å². The fraction of sp³-hybridized carbons (Fsp3) is 0.500. The molecule has 1 N–H and O–H groups in total. The molecule has 1 saturated heterocycles. The summed E-state index contributed by atoms with van der Waals surface area (Å²) in [5.74, 6) is -0.353. The molecule has 0 radical (unpaired) electrons. The van der Waals surface area contributed by atoms with Crippen LogP contribution in [0.4, 0.5) is 0 Å². The summed E-state index contributed by atoms with van der Waals surface area (Å²) in [7, 11) is 0. The molecule has 1 aromatic rings. The number of hydrogen-bond acceptors (Lipinski definition) is 5. The van der Waals surface area contributed by atoms with Crippen LogP contribution in [-0.2, 0) is 9.53 Å². The Hall–Kier alpha value is -1.07. The highest BCUT2D eigenvalue weighted by molar-refractivity contribution is 7.11. The van der Waals surface area contributed by atoms with Gasteiger partial charge in [-0.3, -0.25) is 4.79 Å². The van der Waals surface area contributed by atoms with Gasteiger partial charge in [0.2, 0.25) is 0 Å². The highest BCUT2D eigenvalue weighted by Crippen LogP contribution is 2.21. The highest BCUT2D eigenvalue weighted by atomic mass is 32.1. The summed E-state index contributed by atoms with van der Waals surface area (Å²) in [6, 6.07) is 3.74. The van der Waals surface area contributed by atoms with Crippen LogP contribution < -0.4 is 4.74 Å². The molecule has 1 fully saturated rings. The lowest BCUT2D eigenvalue weighted by atomic mass is 10.1. The van der Waals surface area contributed by atoms with Crippen LogP contribution in [-0.4, -0.2) is 29.9 Å². The van der Waals surface area contributed by atoms with E-state index in [2.05, 4.69) is 0 Å². The summed E-state index contributed by atoms with van der Waals surface area (Å²) in [5.41, 5.74) is 0. The van der Waals surface area contributed by atoms with E-state index in [0.29, 0.717) is 13.0 Å². The Morgan fingerprint density at radius 2 is 2.53 bits per heavy atom. The van der Waals surface area contributed by atoms with Crippen molar-refractivity contribution in [3.8, 4) is 5.06 Å². The fourth-order valence-corrected chi connectivity index (χ4v) is 2.07. The van der Waals surface area contributed by atoms with Gasteiger partial charge in [0.25, 0.3) is 0 Å². The first-order valence-electron chi connectivity index (χ1n) is 4.78. The molecule has 4 nitrogen and oxygen atoms in total. The summed E-state index contributed by atoms with van der Waals surface area (Å²) in [6.07, 6.45) is -0.376. The van der Waals surface area contributed by atoms with Crippen molar-refractivity contribution in [2.75, 3.05) is 6.61 Å². The van der Waals surface area contributed by atoms with E-state index in [1.165, 1.54) is 11.3 Å². The molecule has 0 aromatic carbocycles. The molecule has 2 heterocycles. The Labute approximate surface area is 91.4 Å². The molecule has 1 aliphatic heterocycles. The molecule has 1 aromatic heterocycles. The third kappa shape index (κ3) is 2.94. The average molecular weight is 228 g/mol. The van der Waals surface area contributed by atoms with E-state index in [9.17, 15) is 9.90 Å². The van der Waals surface area contributed by atoms with Crippen LogP contribution >= 0.6 is 11.3 Å². The molecule has 5 heteroatoms. The summed E-state index contributed by atoms with van der Waals surface area (Å²) in [5, 5.41) is 12.1. The molecule has 82 valence electrons. The fourth-order valence-electron chi connectivity index (χ4n) is 1.48. The zero-order valence-electron chi connectivity index (χ0n) is 8.09. The topological polar surface area (TPSA) is 55.8 Å². The number of rotatable bonds is 3. The lowest BCUT2D eigenvalue weighted by Crippen LogP contribution is -2.36. The zero-order chi connectivity index (χ0) is 10.7. The Kier molecular flexibility index (Phi) is 3.23. The maximum absolute atomic E-state index is 11.0. The summed E-state index contributed by atoms with van der Waals surface area (Å²) >= 11 is 1.49. The second-order valence-corrected chi connectivity index (χ2v) is 4.36. The van der Waals surface area contributed by atoms with Gasteiger partial charge in [-0.2, -0.15) is 0 Å². The van der Waals surface area contributed by atoms with Gasteiger partial charge in [-0.1, -0.05) is 0 Å². The third-order valence-corrected chi connectivity index (χ3v) is 2.92. The van der Waals surface area contributed by atoms with Gasteiger partial charge in [-0.15, -0.1) is 11.3 Å². The minimum Gasteiger partial charge on any atom is -0.480 e. The molecule has 2 atom stereocenters. The first-order valence-corrected chi connectivity index (χ1v) is 5.66. The Balaban J connectivity index is 1.81. The van der Waals surface area contributed by atoms with E-state index < -0.39 is 6.10 Å². The average Bonchev–Trinajstić information content (AvgIpc) is 2.65. The predicted molar refractivity (Wildman–Crippen MR) is 54.9 cm³/mol. The van der Waals surface area contributed by atoms with Crippen LogP contribution in [0.15, 0.2) is 17.5 Å². The van der Waals surface area contributed by atoms with Gasteiger partial charge in [0.05, 0.1) is 12.5 Å². The number of ether oxygens (including phenoxy) is 2. The Bertz CT molecular complexity index is 322. The molecular formula is C10H12O4S. The summed E-state index contributed by atoms with van der Waals surface area (Å²) in [4.78, 5) is 11.0. The second-order valence-electron chi connectivity index (χ2n) is 3.45. The zero-order valence-corrected chi connectivity index (χ0v) is 8.90. The molecule has 0 amide bonds. The maximum atomic E-state index is 11.0. The minimum atomic E-state index is -0.594. The molecule has 0 aliphatic carbocycles.